The van der Waals surface area contributed by atoms with Gasteiger partial charge in [0.05, 0.1) is 0 Å². The largest absolute Gasteiger partial charge is 0.418 e. The molecule has 0 amide bonds. The summed E-state index contributed by atoms with van der Waals surface area (Å²) in [7, 11) is 0. The van der Waals surface area contributed by atoms with Crippen LogP contribution in [0.4, 0.5) is 8.78 Å². The summed E-state index contributed by atoms with van der Waals surface area (Å²) in [4.78, 5) is 20.7. The summed E-state index contributed by atoms with van der Waals surface area (Å²) < 4.78 is 27.4. The van der Waals surface area contributed by atoms with Crippen molar-refractivity contribution in [2.24, 2.45) is 0 Å². The minimum Gasteiger partial charge on any atom is -0.388 e. The Kier molecular flexibility index (Phi) is 4.09. The highest BCUT2D eigenvalue weighted by atomic mass is 35.5. The molecule has 0 fully saturated rings. The number of ether oxygens (including phenoxy) is 1. The van der Waals surface area contributed by atoms with Crippen LogP contribution in [-0.4, -0.2) is 17.3 Å². The van der Waals surface area contributed by atoms with Gasteiger partial charge < -0.3 is 4.74 Å². The van der Waals surface area contributed by atoms with E-state index in [1.807, 2.05) is 0 Å². The summed E-state index contributed by atoms with van der Waals surface area (Å²) in [5.41, 5.74) is 0. The molecule has 12 heavy (non-hydrogen) atoms. The maximum Gasteiger partial charge on any atom is 0.418 e. The Labute approximate surface area is 72.6 Å². The molecule has 0 aromatic heterocycles. The minimum absolute atomic E-state index is 0.0846. The quantitative estimate of drug-likeness (QED) is 0.396. The normalized spacial score (nSPS) is 11.0. The van der Waals surface area contributed by atoms with Gasteiger partial charge in [-0.05, 0) is 18.0 Å². The number of carbonyl (C=O) groups is 2. The predicted molar refractivity (Wildman–Crippen MR) is 36.8 cm³/mol. The average Bonchev–Trinajstić information content (AvgIpc) is 1.85. The summed E-state index contributed by atoms with van der Waals surface area (Å²) in [5, 5.41) is -4.12. The molecule has 0 saturated carbocycles. The number of alkyl halides is 3. The lowest BCUT2D eigenvalue weighted by atomic mass is 10.3. The fourth-order valence-electron chi connectivity index (χ4n) is 0.416. The van der Waals surface area contributed by atoms with E-state index in [9.17, 15) is 18.4 Å². The zero-order valence-corrected chi connectivity index (χ0v) is 7.03. The van der Waals surface area contributed by atoms with Crippen LogP contribution in [0.25, 0.3) is 0 Å². The Balaban J connectivity index is 3.94. The van der Waals surface area contributed by atoms with Crippen molar-refractivity contribution in [2.45, 2.75) is 25.1 Å². The van der Waals surface area contributed by atoms with Gasteiger partial charge in [0.1, 0.15) is 0 Å². The SMILES string of the molecule is CCCC(=O)OC(=O)C(F)(F)Cl. The fraction of sp³-hybridized carbons (Fsp3) is 0.667. The van der Waals surface area contributed by atoms with Crippen molar-refractivity contribution in [1.29, 1.82) is 0 Å². The van der Waals surface area contributed by atoms with Gasteiger partial charge in [0.15, 0.2) is 0 Å². The molecule has 0 atom stereocenters. The molecule has 0 aliphatic carbocycles. The molecule has 0 saturated heterocycles. The molecule has 0 spiro atoms. The summed E-state index contributed by atoms with van der Waals surface area (Å²) in [5.74, 6) is -3.02. The molecule has 0 N–H and O–H groups in total. The molecule has 0 radical (unpaired) electrons. The van der Waals surface area contributed by atoms with Gasteiger partial charge >= 0.3 is 17.3 Å². The molecule has 0 heterocycles. The number of rotatable bonds is 3. The van der Waals surface area contributed by atoms with Crippen molar-refractivity contribution in [3.63, 3.8) is 0 Å². The van der Waals surface area contributed by atoms with E-state index < -0.39 is 17.3 Å². The number of hydrogen-bond donors (Lipinski definition) is 0. The van der Waals surface area contributed by atoms with E-state index in [0.717, 1.165) is 0 Å². The van der Waals surface area contributed by atoms with Crippen LogP contribution in [0, 0.1) is 0 Å². The summed E-state index contributed by atoms with van der Waals surface area (Å²) in [6.07, 6.45) is 0.332. The third-order valence-corrected chi connectivity index (χ3v) is 1.05. The Morgan fingerprint density at radius 1 is 1.50 bits per heavy atom. The van der Waals surface area contributed by atoms with Crippen LogP contribution in [0.15, 0.2) is 0 Å². The van der Waals surface area contributed by atoms with Gasteiger partial charge in [-0.15, -0.1) is 0 Å². The first-order valence-electron chi connectivity index (χ1n) is 3.19. The summed E-state index contributed by atoms with van der Waals surface area (Å²) >= 11 is 4.27. The number of halogens is 3. The van der Waals surface area contributed by atoms with Crippen molar-refractivity contribution in [2.75, 3.05) is 0 Å². The van der Waals surface area contributed by atoms with Crippen molar-refractivity contribution < 1.29 is 23.1 Å². The van der Waals surface area contributed by atoms with Crippen molar-refractivity contribution >= 4 is 23.5 Å². The van der Waals surface area contributed by atoms with E-state index in [2.05, 4.69) is 16.3 Å². The molecule has 0 aliphatic rings. The molecule has 0 unspecified atom stereocenters. The van der Waals surface area contributed by atoms with Gasteiger partial charge in [-0.1, -0.05) is 6.92 Å². The maximum absolute atomic E-state index is 11.9. The average molecular weight is 201 g/mol. The molecule has 70 valence electrons. The first-order chi connectivity index (χ1) is 5.38. The van der Waals surface area contributed by atoms with Crippen LogP contribution in [0.5, 0.6) is 0 Å². The van der Waals surface area contributed by atoms with Crippen LogP contribution in [0.2, 0.25) is 0 Å². The minimum atomic E-state index is -4.12. The molecule has 0 aromatic rings. The molecular weight excluding hydrogens is 194 g/mol. The summed E-state index contributed by atoms with van der Waals surface area (Å²) in [6.45, 7) is 1.64. The van der Waals surface area contributed by atoms with E-state index in [4.69, 9.17) is 0 Å². The van der Waals surface area contributed by atoms with Gasteiger partial charge in [0.2, 0.25) is 0 Å². The predicted octanol–water partition coefficient (Wildman–Crippen LogP) is 1.69. The van der Waals surface area contributed by atoms with Crippen molar-refractivity contribution in [3.8, 4) is 0 Å². The van der Waals surface area contributed by atoms with Crippen LogP contribution < -0.4 is 0 Å². The smallest absolute Gasteiger partial charge is 0.388 e. The van der Waals surface area contributed by atoms with Gasteiger partial charge in [0.25, 0.3) is 0 Å². The van der Waals surface area contributed by atoms with Gasteiger partial charge in [-0.25, -0.2) is 4.79 Å². The monoisotopic (exact) mass is 200 g/mol. The van der Waals surface area contributed by atoms with E-state index in [-0.39, 0.29) is 6.42 Å². The zero-order chi connectivity index (χ0) is 9.78. The molecule has 6 heteroatoms. The standard InChI is InChI=1S/C6H7ClF2O3/c1-2-3-4(10)12-5(11)6(7,8)9/h2-3H2,1H3. The Morgan fingerprint density at radius 2 is 2.00 bits per heavy atom. The molecular formula is C6H7ClF2O3. The highest BCUT2D eigenvalue weighted by molar-refractivity contribution is 6.31. The summed E-state index contributed by atoms with van der Waals surface area (Å²) in [6, 6.07) is 0. The van der Waals surface area contributed by atoms with E-state index in [1.54, 1.807) is 6.92 Å². The Morgan fingerprint density at radius 3 is 2.33 bits per heavy atom. The maximum atomic E-state index is 11.9. The topological polar surface area (TPSA) is 43.4 Å². The fourth-order valence-corrected chi connectivity index (χ4v) is 0.455. The molecule has 0 aliphatic heterocycles. The Hall–Kier alpha value is -0.710. The van der Waals surface area contributed by atoms with Gasteiger partial charge in [0, 0.05) is 6.42 Å². The molecule has 0 rings (SSSR count). The first kappa shape index (κ1) is 11.3. The lowest BCUT2D eigenvalue weighted by molar-refractivity contribution is -0.171. The first-order valence-corrected chi connectivity index (χ1v) is 3.57. The molecule has 0 bridgehead atoms. The third-order valence-electron chi connectivity index (χ3n) is 0.892. The van der Waals surface area contributed by atoms with Gasteiger partial charge in [-0.3, -0.25) is 4.79 Å². The van der Waals surface area contributed by atoms with Crippen LogP contribution in [0.1, 0.15) is 19.8 Å². The van der Waals surface area contributed by atoms with Crippen molar-refractivity contribution in [3.05, 3.63) is 0 Å². The Bertz CT molecular complexity index is 188. The van der Waals surface area contributed by atoms with Crippen LogP contribution in [-0.2, 0) is 14.3 Å². The second kappa shape index (κ2) is 4.35. The van der Waals surface area contributed by atoms with Gasteiger partial charge in [-0.2, -0.15) is 8.78 Å². The molecule has 0 aromatic carbocycles. The second-order valence-electron chi connectivity index (χ2n) is 2.01. The highest BCUT2D eigenvalue weighted by Crippen LogP contribution is 2.20. The van der Waals surface area contributed by atoms with E-state index in [1.165, 1.54) is 0 Å². The van der Waals surface area contributed by atoms with Crippen LogP contribution in [0.3, 0.4) is 0 Å². The van der Waals surface area contributed by atoms with E-state index >= 15 is 0 Å². The zero-order valence-electron chi connectivity index (χ0n) is 6.27. The highest BCUT2D eigenvalue weighted by Gasteiger charge is 2.39. The number of carbonyl (C=O) groups excluding carboxylic acids is 2. The van der Waals surface area contributed by atoms with Crippen LogP contribution >= 0.6 is 11.6 Å². The number of hydrogen-bond acceptors (Lipinski definition) is 3. The molecule has 3 nitrogen and oxygen atoms in total. The third kappa shape index (κ3) is 4.23. The number of esters is 2. The second-order valence-corrected chi connectivity index (χ2v) is 2.48. The lowest BCUT2D eigenvalue weighted by Crippen LogP contribution is -2.26. The lowest BCUT2D eigenvalue weighted by Gasteiger charge is -2.05. The van der Waals surface area contributed by atoms with Crippen molar-refractivity contribution in [1.82, 2.24) is 0 Å². The van der Waals surface area contributed by atoms with E-state index in [0.29, 0.717) is 6.42 Å².